The van der Waals surface area contributed by atoms with Crippen molar-refractivity contribution in [2.45, 2.75) is 45.4 Å². The lowest BCUT2D eigenvalue weighted by Gasteiger charge is -2.24. The first-order valence-electron chi connectivity index (χ1n) is 7.84. The highest BCUT2D eigenvalue weighted by Crippen LogP contribution is 2.32. The van der Waals surface area contributed by atoms with Gasteiger partial charge in [0.05, 0.1) is 0 Å². The summed E-state index contributed by atoms with van der Waals surface area (Å²) in [5.41, 5.74) is 5.30. The second-order valence-electron chi connectivity index (χ2n) is 5.81. The third kappa shape index (κ3) is 2.65. The van der Waals surface area contributed by atoms with Crippen molar-refractivity contribution in [3.8, 4) is 0 Å². The Hall–Kier alpha value is -1.90. The molecule has 1 heterocycles. The van der Waals surface area contributed by atoms with Crippen molar-refractivity contribution in [2.24, 2.45) is 0 Å². The van der Waals surface area contributed by atoms with Gasteiger partial charge in [0.2, 0.25) is 0 Å². The molecule has 0 radical (unpaired) electrons. The van der Waals surface area contributed by atoms with Gasteiger partial charge in [-0.25, -0.2) is 9.97 Å². The van der Waals surface area contributed by atoms with Gasteiger partial charge in [0.15, 0.2) is 0 Å². The van der Waals surface area contributed by atoms with Crippen molar-refractivity contribution in [2.75, 3.05) is 12.4 Å². The van der Waals surface area contributed by atoms with E-state index < -0.39 is 0 Å². The second-order valence-corrected chi connectivity index (χ2v) is 5.81. The van der Waals surface area contributed by atoms with Gasteiger partial charge in [-0.1, -0.05) is 31.2 Å². The van der Waals surface area contributed by atoms with Crippen molar-refractivity contribution in [1.82, 2.24) is 9.97 Å². The summed E-state index contributed by atoms with van der Waals surface area (Å²) >= 11 is 0. The van der Waals surface area contributed by atoms with Crippen LogP contribution in [-0.2, 0) is 19.3 Å². The number of hydrogen-bond donors (Lipinski definition) is 1. The van der Waals surface area contributed by atoms with Gasteiger partial charge in [-0.2, -0.15) is 0 Å². The minimum absolute atomic E-state index is 0.441. The van der Waals surface area contributed by atoms with E-state index >= 15 is 0 Å². The van der Waals surface area contributed by atoms with E-state index in [1.54, 1.807) is 0 Å². The number of nitrogens with one attached hydrogen (secondary N) is 1. The molecule has 0 bridgehead atoms. The SMILES string of the molecule is CCc1c(C)nc(C2CCc3ccccc3C2)nc1NC. The van der Waals surface area contributed by atoms with E-state index in [2.05, 4.69) is 43.4 Å². The summed E-state index contributed by atoms with van der Waals surface area (Å²) in [6, 6.07) is 8.76. The van der Waals surface area contributed by atoms with Crippen LogP contribution in [0.3, 0.4) is 0 Å². The summed E-state index contributed by atoms with van der Waals surface area (Å²) in [7, 11) is 1.95. The number of hydrogen-bond acceptors (Lipinski definition) is 3. The highest BCUT2D eigenvalue weighted by molar-refractivity contribution is 5.46. The zero-order valence-electron chi connectivity index (χ0n) is 13.1. The predicted octanol–water partition coefficient (Wildman–Crippen LogP) is 3.66. The molecule has 1 aliphatic rings. The average Bonchev–Trinajstić information content (AvgIpc) is 2.53. The van der Waals surface area contributed by atoms with Crippen molar-refractivity contribution in [3.05, 3.63) is 52.5 Å². The van der Waals surface area contributed by atoms with E-state index in [4.69, 9.17) is 9.97 Å². The third-order valence-corrected chi connectivity index (χ3v) is 4.53. The summed E-state index contributed by atoms with van der Waals surface area (Å²) in [5, 5.41) is 3.23. The van der Waals surface area contributed by atoms with Gasteiger partial charge in [-0.3, -0.25) is 0 Å². The lowest BCUT2D eigenvalue weighted by atomic mass is 9.83. The largest absolute Gasteiger partial charge is 0.373 e. The quantitative estimate of drug-likeness (QED) is 0.933. The number of benzene rings is 1. The molecule has 1 aromatic heterocycles. The second kappa shape index (κ2) is 5.84. The summed E-state index contributed by atoms with van der Waals surface area (Å²) < 4.78 is 0. The highest BCUT2D eigenvalue weighted by atomic mass is 15.0. The van der Waals surface area contributed by atoms with Crippen LogP contribution in [0.25, 0.3) is 0 Å². The lowest BCUT2D eigenvalue weighted by molar-refractivity contribution is 0.553. The molecule has 3 rings (SSSR count). The van der Waals surface area contributed by atoms with Crippen molar-refractivity contribution in [1.29, 1.82) is 0 Å². The van der Waals surface area contributed by atoms with Gasteiger partial charge in [0.25, 0.3) is 0 Å². The van der Waals surface area contributed by atoms with E-state index in [0.717, 1.165) is 43.0 Å². The Morgan fingerprint density at radius 1 is 1.19 bits per heavy atom. The number of anilines is 1. The van der Waals surface area contributed by atoms with Gasteiger partial charge in [-0.05, 0) is 43.7 Å². The van der Waals surface area contributed by atoms with Crippen LogP contribution in [0.5, 0.6) is 0 Å². The molecule has 110 valence electrons. The summed E-state index contributed by atoms with van der Waals surface area (Å²) in [6.45, 7) is 4.25. The van der Waals surface area contributed by atoms with Crippen LogP contribution in [0.15, 0.2) is 24.3 Å². The molecule has 3 nitrogen and oxygen atoms in total. The minimum atomic E-state index is 0.441. The van der Waals surface area contributed by atoms with Gasteiger partial charge in [0.1, 0.15) is 11.6 Å². The standard InChI is InChI=1S/C18H23N3/c1-4-16-12(2)20-17(21-18(16)19-3)15-10-9-13-7-5-6-8-14(13)11-15/h5-8,15H,4,9-11H2,1-3H3,(H,19,20,21). The fraction of sp³-hybridized carbons (Fsp3) is 0.444. The molecule has 0 spiro atoms. The fourth-order valence-corrected chi connectivity index (χ4v) is 3.35. The summed E-state index contributed by atoms with van der Waals surface area (Å²) in [5.74, 6) is 2.44. The fourth-order valence-electron chi connectivity index (χ4n) is 3.35. The van der Waals surface area contributed by atoms with Crippen LogP contribution >= 0.6 is 0 Å². The molecule has 21 heavy (non-hydrogen) atoms. The average molecular weight is 281 g/mol. The molecular formula is C18H23N3. The molecule has 1 aliphatic carbocycles. The normalized spacial score (nSPS) is 17.4. The minimum Gasteiger partial charge on any atom is -0.373 e. The topological polar surface area (TPSA) is 37.8 Å². The van der Waals surface area contributed by atoms with E-state index in [1.807, 2.05) is 7.05 Å². The summed E-state index contributed by atoms with van der Waals surface area (Å²) in [4.78, 5) is 9.60. The molecule has 1 atom stereocenters. The molecule has 1 N–H and O–H groups in total. The number of nitrogens with zero attached hydrogens (tertiary/aromatic N) is 2. The van der Waals surface area contributed by atoms with Gasteiger partial charge >= 0.3 is 0 Å². The number of rotatable bonds is 3. The first-order valence-corrected chi connectivity index (χ1v) is 7.84. The Balaban J connectivity index is 1.93. The third-order valence-electron chi connectivity index (χ3n) is 4.53. The number of aryl methyl sites for hydroxylation is 2. The zero-order chi connectivity index (χ0) is 14.8. The summed E-state index contributed by atoms with van der Waals surface area (Å²) in [6.07, 6.45) is 4.30. The predicted molar refractivity (Wildman–Crippen MR) is 86.9 cm³/mol. The van der Waals surface area contributed by atoms with Crippen molar-refractivity contribution in [3.63, 3.8) is 0 Å². The molecule has 1 aromatic carbocycles. The molecule has 0 saturated carbocycles. The first-order chi connectivity index (χ1) is 10.2. The maximum absolute atomic E-state index is 4.80. The molecule has 0 aliphatic heterocycles. The van der Waals surface area contributed by atoms with Gasteiger partial charge < -0.3 is 5.32 Å². The van der Waals surface area contributed by atoms with E-state index in [9.17, 15) is 0 Å². The molecule has 0 saturated heterocycles. The molecule has 0 fully saturated rings. The van der Waals surface area contributed by atoms with E-state index in [1.165, 1.54) is 16.7 Å². The van der Waals surface area contributed by atoms with Crippen LogP contribution < -0.4 is 5.32 Å². The van der Waals surface area contributed by atoms with Crippen LogP contribution in [-0.4, -0.2) is 17.0 Å². The zero-order valence-corrected chi connectivity index (χ0v) is 13.1. The lowest BCUT2D eigenvalue weighted by Crippen LogP contribution is -2.17. The van der Waals surface area contributed by atoms with E-state index in [0.29, 0.717) is 5.92 Å². The van der Waals surface area contributed by atoms with Crippen molar-refractivity contribution < 1.29 is 0 Å². The highest BCUT2D eigenvalue weighted by Gasteiger charge is 2.23. The first kappa shape index (κ1) is 14.1. The van der Waals surface area contributed by atoms with E-state index in [-0.39, 0.29) is 0 Å². The Labute approximate surface area is 126 Å². The molecule has 3 heteroatoms. The Morgan fingerprint density at radius 3 is 2.67 bits per heavy atom. The Morgan fingerprint density at radius 2 is 1.95 bits per heavy atom. The number of fused-ring (bicyclic) bond motifs is 1. The van der Waals surface area contributed by atoms with Gasteiger partial charge in [-0.15, -0.1) is 0 Å². The maximum atomic E-state index is 4.80. The maximum Gasteiger partial charge on any atom is 0.134 e. The Bertz CT molecular complexity index is 649. The van der Waals surface area contributed by atoms with Crippen LogP contribution in [0.1, 0.15) is 47.5 Å². The van der Waals surface area contributed by atoms with Crippen LogP contribution in [0.2, 0.25) is 0 Å². The number of aromatic nitrogens is 2. The molecule has 0 amide bonds. The monoisotopic (exact) mass is 281 g/mol. The molecular weight excluding hydrogens is 258 g/mol. The van der Waals surface area contributed by atoms with Crippen molar-refractivity contribution >= 4 is 5.82 Å². The van der Waals surface area contributed by atoms with Crippen LogP contribution in [0, 0.1) is 6.92 Å². The Kier molecular flexibility index (Phi) is 3.91. The molecule has 1 unspecified atom stereocenters. The smallest absolute Gasteiger partial charge is 0.134 e. The van der Waals surface area contributed by atoms with Crippen LogP contribution in [0.4, 0.5) is 5.82 Å². The molecule has 2 aromatic rings. The van der Waals surface area contributed by atoms with Gasteiger partial charge in [0, 0.05) is 24.2 Å².